The van der Waals surface area contributed by atoms with Gasteiger partial charge in [-0.2, -0.15) is 0 Å². The molecule has 13 atom stereocenters. The van der Waals surface area contributed by atoms with Gasteiger partial charge in [0.1, 0.15) is 29.7 Å². The number of carbonyl (C=O) groups excluding carboxylic acids is 3. The van der Waals surface area contributed by atoms with E-state index in [2.05, 4.69) is 13.8 Å². The minimum absolute atomic E-state index is 0.0343. The summed E-state index contributed by atoms with van der Waals surface area (Å²) in [5.74, 6) is 3.16. The van der Waals surface area contributed by atoms with Crippen molar-refractivity contribution in [1.29, 1.82) is 0 Å². The van der Waals surface area contributed by atoms with Gasteiger partial charge in [-0.15, -0.1) is 0 Å². The van der Waals surface area contributed by atoms with Crippen LogP contribution in [0.3, 0.4) is 0 Å². The predicted octanol–water partition coefficient (Wildman–Crippen LogP) is 7.90. The third kappa shape index (κ3) is 4.42. The van der Waals surface area contributed by atoms with Crippen molar-refractivity contribution >= 4 is 17.3 Å². The Hall–Kier alpha value is -2.37. The number of ketones is 3. The number of phenols is 1. The number of fused-ring (bicyclic) bond motifs is 10. The van der Waals surface area contributed by atoms with Gasteiger partial charge in [0.2, 0.25) is 0 Å². The SMILES string of the molecule is CC1CC2=CC(=O)CCC2C2C1C1CCC(=O)[C@@]1(C)C[C@@H]2F.CC1Cc2cc(O)ccc2C2C1C1CCC(=O)[C@@]1(C)C[C@@H]2F. The number of allylic oxidation sites excluding steroid dienone is 1. The fraction of sp³-hybridized carbons (Fsp3) is 0.711. The molecule has 1 N–H and O–H groups in total. The summed E-state index contributed by atoms with van der Waals surface area (Å²) >= 11 is 0. The van der Waals surface area contributed by atoms with Crippen LogP contribution in [-0.4, -0.2) is 34.8 Å². The highest BCUT2D eigenvalue weighted by Gasteiger charge is 2.62. The molecule has 238 valence electrons. The summed E-state index contributed by atoms with van der Waals surface area (Å²) in [5.41, 5.74) is 2.46. The number of hydrogen-bond acceptors (Lipinski definition) is 4. The van der Waals surface area contributed by atoms with Crippen LogP contribution in [0.5, 0.6) is 5.75 Å². The molecule has 4 nitrogen and oxygen atoms in total. The second kappa shape index (κ2) is 10.6. The number of aromatic hydroxyl groups is 1. The van der Waals surface area contributed by atoms with E-state index in [0.717, 1.165) is 43.2 Å². The predicted molar refractivity (Wildman–Crippen MR) is 164 cm³/mol. The number of benzene rings is 1. The van der Waals surface area contributed by atoms with Crippen LogP contribution in [0, 0.1) is 58.2 Å². The number of Topliss-reactive ketones (excluding diaryl/α,β-unsaturated/α-hetero) is 2. The van der Waals surface area contributed by atoms with Crippen LogP contribution in [0.25, 0.3) is 0 Å². The molecule has 1 aromatic carbocycles. The molecule has 0 radical (unpaired) electrons. The second-order valence-electron chi connectivity index (χ2n) is 16.2. The third-order valence-electron chi connectivity index (χ3n) is 14.0. The maximum atomic E-state index is 15.2. The van der Waals surface area contributed by atoms with E-state index in [1.54, 1.807) is 18.2 Å². The normalized spacial score (nSPS) is 47.2. The fourth-order valence-corrected chi connectivity index (χ4v) is 12.1. The summed E-state index contributed by atoms with van der Waals surface area (Å²) in [6.07, 6.45) is 7.02. The van der Waals surface area contributed by atoms with Gasteiger partial charge >= 0.3 is 0 Å². The molecule has 1 aromatic rings. The number of alkyl halides is 2. The molecule has 7 aliphatic carbocycles. The van der Waals surface area contributed by atoms with E-state index in [-0.39, 0.29) is 46.8 Å². The molecule has 7 aliphatic rings. The van der Waals surface area contributed by atoms with Gasteiger partial charge in [-0.3, -0.25) is 14.4 Å². The molecule has 8 rings (SSSR count). The lowest BCUT2D eigenvalue weighted by Crippen LogP contribution is -2.54. The smallest absolute Gasteiger partial charge is 0.155 e. The first kappa shape index (κ1) is 30.3. The summed E-state index contributed by atoms with van der Waals surface area (Å²) in [7, 11) is 0. The van der Waals surface area contributed by atoms with Gasteiger partial charge in [0, 0.05) is 41.9 Å². The van der Waals surface area contributed by atoms with Gasteiger partial charge in [0.05, 0.1) is 0 Å². The monoisotopic (exact) mass is 606 g/mol. The quantitative estimate of drug-likeness (QED) is 0.326. The topological polar surface area (TPSA) is 71.4 Å². The van der Waals surface area contributed by atoms with Crippen LogP contribution in [0.1, 0.15) is 103 Å². The summed E-state index contributed by atoms with van der Waals surface area (Å²) < 4.78 is 30.3. The van der Waals surface area contributed by atoms with Crippen molar-refractivity contribution in [3.8, 4) is 5.75 Å². The molecule has 0 amide bonds. The molecule has 0 aromatic heterocycles. The molecular weight excluding hydrogens is 558 g/mol. The summed E-state index contributed by atoms with van der Waals surface area (Å²) in [5, 5.41) is 9.72. The molecule has 0 spiro atoms. The van der Waals surface area contributed by atoms with Crippen molar-refractivity contribution in [3.63, 3.8) is 0 Å². The zero-order chi connectivity index (χ0) is 31.3. The maximum Gasteiger partial charge on any atom is 0.155 e. The van der Waals surface area contributed by atoms with E-state index >= 15 is 8.78 Å². The van der Waals surface area contributed by atoms with Crippen LogP contribution in [0.15, 0.2) is 29.8 Å². The standard InChI is InChI=1S/C19H25FO2.C19H23FO2/c2*1-10-7-11-8-12(21)3-4-13(11)18-15(20)9-19(2)14(17(10)18)5-6-16(19)22/h8,10,13-15,17-18H,3-7,9H2,1-2H3;3-4,8,10,14-15,17-18,21H,5-7,9H2,1-2H3/t10?,13?,14?,15-,17?,18?,19-;10?,14?,15-,17?,18?,19-/m00/s1. The van der Waals surface area contributed by atoms with E-state index in [1.807, 2.05) is 19.9 Å². The van der Waals surface area contributed by atoms with Crippen molar-refractivity contribution in [2.45, 2.75) is 110 Å². The van der Waals surface area contributed by atoms with Crippen molar-refractivity contribution < 1.29 is 28.3 Å². The summed E-state index contributed by atoms with van der Waals surface area (Å²) in [6, 6.07) is 5.37. The lowest BCUT2D eigenvalue weighted by molar-refractivity contribution is -0.138. The van der Waals surface area contributed by atoms with E-state index in [4.69, 9.17) is 0 Å². The zero-order valence-corrected chi connectivity index (χ0v) is 26.7. The Bertz CT molecular complexity index is 1420. The molecule has 5 saturated carbocycles. The first-order valence-corrected chi connectivity index (χ1v) is 17.2. The lowest BCUT2D eigenvalue weighted by atomic mass is 9.49. The molecule has 5 fully saturated rings. The van der Waals surface area contributed by atoms with Gasteiger partial charge in [0.15, 0.2) is 5.78 Å². The Morgan fingerprint density at radius 3 is 2.07 bits per heavy atom. The number of hydrogen-bond donors (Lipinski definition) is 1. The Labute approximate surface area is 260 Å². The van der Waals surface area contributed by atoms with E-state index in [1.165, 1.54) is 5.57 Å². The third-order valence-corrected chi connectivity index (χ3v) is 14.0. The highest BCUT2D eigenvalue weighted by Crippen LogP contribution is 2.63. The van der Waals surface area contributed by atoms with Crippen LogP contribution < -0.4 is 0 Å². The number of phenolic OH excluding ortho intramolecular Hbond substituents is 1. The van der Waals surface area contributed by atoms with Crippen LogP contribution in [0.2, 0.25) is 0 Å². The minimum Gasteiger partial charge on any atom is -0.508 e. The summed E-state index contributed by atoms with van der Waals surface area (Å²) in [6.45, 7) is 8.40. The van der Waals surface area contributed by atoms with Gasteiger partial charge < -0.3 is 5.11 Å². The van der Waals surface area contributed by atoms with Gasteiger partial charge in [-0.25, -0.2) is 8.78 Å². The fourth-order valence-electron chi connectivity index (χ4n) is 12.1. The van der Waals surface area contributed by atoms with Crippen molar-refractivity contribution in [2.75, 3.05) is 0 Å². The number of rotatable bonds is 0. The number of carbonyl (C=O) groups is 3. The van der Waals surface area contributed by atoms with Gasteiger partial charge in [0.25, 0.3) is 0 Å². The van der Waals surface area contributed by atoms with Crippen LogP contribution in [0.4, 0.5) is 8.78 Å². The molecule has 44 heavy (non-hydrogen) atoms. The molecule has 0 bridgehead atoms. The molecule has 0 heterocycles. The Kier molecular flexibility index (Phi) is 7.29. The number of halogens is 2. The molecular formula is C38H48F2O4. The van der Waals surface area contributed by atoms with Crippen molar-refractivity contribution in [3.05, 3.63) is 41.0 Å². The van der Waals surface area contributed by atoms with Crippen LogP contribution >= 0.6 is 0 Å². The first-order valence-electron chi connectivity index (χ1n) is 17.2. The second-order valence-corrected chi connectivity index (χ2v) is 16.2. The Balaban J connectivity index is 0.000000142. The van der Waals surface area contributed by atoms with Crippen LogP contribution in [-0.2, 0) is 20.8 Å². The molecule has 0 saturated heterocycles. The van der Waals surface area contributed by atoms with E-state index < -0.39 is 23.2 Å². The zero-order valence-electron chi connectivity index (χ0n) is 26.7. The Morgan fingerprint density at radius 1 is 0.773 bits per heavy atom. The largest absolute Gasteiger partial charge is 0.508 e. The highest BCUT2D eigenvalue weighted by molar-refractivity contribution is 5.91. The maximum absolute atomic E-state index is 15.2. The Morgan fingerprint density at radius 2 is 1.39 bits per heavy atom. The van der Waals surface area contributed by atoms with E-state index in [9.17, 15) is 19.5 Å². The van der Waals surface area contributed by atoms with Gasteiger partial charge in [-0.1, -0.05) is 39.3 Å². The van der Waals surface area contributed by atoms with Crippen molar-refractivity contribution in [2.24, 2.45) is 58.2 Å². The average Bonchev–Trinajstić information content (AvgIpc) is 3.42. The molecule has 6 heteroatoms. The average molecular weight is 607 g/mol. The van der Waals surface area contributed by atoms with E-state index in [0.29, 0.717) is 61.7 Å². The highest BCUT2D eigenvalue weighted by atomic mass is 19.1. The molecule has 0 aliphatic heterocycles. The lowest BCUT2D eigenvalue weighted by Gasteiger charge is -2.55. The minimum atomic E-state index is -0.959. The summed E-state index contributed by atoms with van der Waals surface area (Å²) in [4.78, 5) is 36.4. The molecule has 9 unspecified atom stereocenters. The first-order chi connectivity index (χ1) is 20.8. The van der Waals surface area contributed by atoms with Gasteiger partial charge in [-0.05, 0) is 116 Å². The van der Waals surface area contributed by atoms with Crippen molar-refractivity contribution in [1.82, 2.24) is 0 Å².